The van der Waals surface area contributed by atoms with E-state index < -0.39 is 0 Å². The molecule has 5 heteroatoms. The van der Waals surface area contributed by atoms with Crippen LogP contribution >= 0.6 is 11.8 Å². The van der Waals surface area contributed by atoms with Crippen LogP contribution in [0, 0.1) is 32.1 Å². The monoisotopic (exact) mass is 270 g/mol. The molecule has 4 nitrogen and oxygen atoms in total. The van der Waals surface area contributed by atoms with Crippen LogP contribution in [0.3, 0.4) is 0 Å². The van der Waals surface area contributed by atoms with E-state index in [1.165, 1.54) is 11.8 Å². The fourth-order valence-corrected chi connectivity index (χ4v) is 2.52. The lowest BCUT2D eigenvalue weighted by molar-refractivity contribution is 0.881. The normalized spacial score (nSPS) is 10.2. The number of nitriles is 1. The molecule has 0 saturated carbocycles. The standard InChI is InChI=1S/C14H14N4S/c1-8-9(2)17-14(18-10(8)3)19-13-5-4-12(16)6-11(13)7-15/h4-6H,16H2,1-3H3. The van der Waals surface area contributed by atoms with E-state index in [2.05, 4.69) is 16.0 Å². The van der Waals surface area contributed by atoms with Crippen molar-refractivity contribution in [3.63, 3.8) is 0 Å². The molecule has 2 N–H and O–H groups in total. The van der Waals surface area contributed by atoms with Gasteiger partial charge in [-0.1, -0.05) is 0 Å². The van der Waals surface area contributed by atoms with Gasteiger partial charge in [0.2, 0.25) is 0 Å². The van der Waals surface area contributed by atoms with E-state index in [9.17, 15) is 0 Å². The summed E-state index contributed by atoms with van der Waals surface area (Å²) in [5, 5.41) is 9.77. The fourth-order valence-electron chi connectivity index (χ4n) is 1.61. The molecule has 0 aliphatic rings. The second kappa shape index (κ2) is 5.29. The van der Waals surface area contributed by atoms with Gasteiger partial charge >= 0.3 is 0 Å². The van der Waals surface area contributed by atoms with Crippen molar-refractivity contribution in [2.24, 2.45) is 0 Å². The highest BCUT2D eigenvalue weighted by Crippen LogP contribution is 2.29. The second-order valence-electron chi connectivity index (χ2n) is 4.27. The van der Waals surface area contributed by atoms with Gasteiger partial charge in [0.05, 0.1) is 5.56 Å². The molecule has 2 rings (SSSR count). The zero-order valence-electron chi connectivity index (χ0n) is 11.1. The summed E-state index contributed by atoms with van der Waals surface area (Å²) in [4.78, 5) is 9.69. The first kappa shape index (κ1) is 13.4. The van der Waals surface area contributed by atoms with Crippen molar-refractivity contribution in [1.82, 2.24) is 9.97 Å². The van der Waals surface area contributed by atoms with Gasteiger partial charge in [-0.25, -0.2) is 9.97 Å². The number of rotatable bonds is 2. The lowest BCUT2D eigenvalue weighted by atomic mass is 10.2. The number of nitrogens with two attached hydrogens (primary N) is 1. The van der Waals surface area contributed by atoms with Gasteiger partial charge in [0.25, 0.3) is 0 Å². The Labute approximate surface area is 116 Å². The number of nitrogens with zero attached hydrogens (tertiary/aromatic N) is 3. The molecule has 0 spiro atoms. The van der Waals surface area contributed by atoms with Crippen molar-refractivity contribution >= 4 is 17.4 Å². The topological polar surface area (TPSA) is 75.6 Å². The highest BCUT2D eigenvalue weighted by Gasteiger charge is 2.09. The average Bonchev–Trinajstić information content (AvgIpc) is 2.38. The summed E-state index contributed by atoms with van der Waals surface area (Å²) in [5.74, 6) is 0. The molecule has 0 bridgehead atoms. The van der Waals surface area contributed by atoms with E-state index in [-0.39, 0.29) is 0 Å². The van der Waals surface area contributed by atoms with E-state index in [0.717, 1.165) is 21.8 Å². The van der Waals surface area contributed by atoms with Crippen molar-refractivity contribution in [2.45, 2.75) is 30.8 Å². The van der Waals surface area contributed by atoms with Gasteiger partial charge in [0.1, 0.15) is 6.07 Å². The van der Waals surface area contributed by atoms with E-state index in [4.69, 9.17) is 11.0 Å². The number of hydrogen-bond donors (Lipinski definition) is 1. The minimum atomic E-state index is 0.546. The molecular weight excluding hydrogens is 256 g/mol. The van der Waals surface area contributed by atoms with E-state index in [1.807, 2.05) is 26.8 Å². The Hall–Kier alpha value is -2.06. The molecule has 0 saturated heterocycles. The maximum Gasteiger partial charge on any atom is 0.192 e. The van der Waals surface area contributed by atoms with Crippen LogP contribution in [-0.2, 0) is 0 Å². The minimum Gasteiger partial charge on any atom is -0.399 e. The summed E-state index contributed by atoms with van der Waals surface area (Å²) in [6.45, 7) is 5.92. The lowest BCUT2D eigenvalue weighted by Crippen LogP contribution is -1.98. The number of hydrogen-bond acceptors (Lipinski definition) is 5. The zero-order chi connectivity index (χ0) is 14.0. The molecule has 0 aliphatic carbocycles. The molecule has 2 aromatic rings. The van der Waals surface area contributed by atoms with Gasteiger partial charge in [0.15, 0.2) is 5.16 Å². The van der Waals surface area contributed by atoms with Gasteiger partial charge in [-0.05, 0) is 56.3 Å². The van der Waals surface area contributed by atoms with Crippen LogP contribution < -0.4 is 5.73 Å². The van der Waals surface area contributed by atoms with Crippen molar-refractivity contribution in [2.75, 3.05) is 5.73 Å². The van der Waals surface area contributed by atoms with Crippen molar-refractivity contribution < 1.29 is 0 Å². The molecule has 0 amide bonds. The predicted octanol–water partition coefficient (Wildman–Crippen LogP) is 3.01. The SMILES string of the molecule is Cc1nc(Sc2ccc(N)cc2C#N)nc(C)c1C. The average molecular weight is 270 g/mol. The maximum absolute atomic E-state index is 9.11. The Kier molecular flexibility index (Phi) is 3.72. The first-order valence-electron chi connectivity index (χ1n) is 5.80. The van der Waals surface area contributed by atoms with Crippen LogP contribution in [-0.4, -0.2) is 9.97 Å². The summed E-state index contributed by atoms with van der Waals surface area (Å²) in [5.41, 5.74) is 9.82. The van der Waals surface area contributed by atoms with Gasteiger partial charge in [-0.15, -0.1) is 0 Å². The zero-order valence-corrected chi connectivity index (χ0v) is 11.9. The molecule has 1 aromatic heterocycles. The minimum absolute atomic E-state index is 0.546. The number of nitrogen functional groups attached to an aromatic ring is 1. The summed E-state index contributed by atoms with van der Waals surface area (Å²) in [6, 6.07) is 7.40. The quantitative estimate of drug-likeness (QED) is 0.670. The van der Waals surface area contributed by atoms with Crippen LogP contribution in [0.1, 0.15) is 22.5 Å². The molecule has 0 radical (unpaired) electrons. The molecule has 1 heterocycles. The first-order chi connectivity index (χ1) is 9.01. The maximum atomic E-state index is 9.11. The van der Waals surface area contributed by atoms with Gasteiger partial charge < -0.3 is 5.73 Å². The summed E-state index contributed by atoms with van der Waals surface area (Å²) >= 11 is 1.38. The third-order valence-electron chi connectivity index (χ3n) is 2.94. The van der Waals surface area contributed by atoms with Crippen molar-refractivity contribution in [3.05, 3.63) is 40.7 Å². The molecule has 96 valence electrons. The highest BCUT2D eigenvalue weighted by molar-refractivity contribution is 7.99. The lowest BCUT2D eigenvalue weighted by Gasteiger charge is -2.07. The van der Waals surface area contributed by atoms with Crippen LogP contribution in [0.5, 0.6) is 0 Å². The Morgan fingerprint density at radius 2 is 1.79 bits per heavy atom. The van der Waals surface area contributed by atoms with Crippen LogP contribution in [0.4, 0.5) is 5.69 Å². The highest BCUT2D eigenvalue weighted by atomic mass is 32.2. The molecule has 0 aliphatic heterocycles. The number of anilines is 1. The largest absolute Gasteiger partial charge is 0.399 e. The van der Waals surface area contributed by atoms with Gasteiger partial charge in [-0.2, -0.15) is 5.26 Å². The second-order valence-corrected chi connectivity index (χ2v) is 5.28. The van der Waals surface area contributed by atoms with Crippen LogP contribution in [0.15, 0.2) is 28.3 Å². The van der Waals surface area contributed by atoms with E-state index >= 15 is 0 Å². The van der Waals surface area contributed by atoms with E-state index in [0.29, 0.717) is 16.4 Å². The number of benzene rings is 1. The van der Waals surface area contributed by atoms with Crippen LogP contribution in [0.2, 0.25) is 0 Å². The number of aryl methyl sites for hydroxylation is 2. The molecule has 19 heavy (non-hydrogen) atoms. The van der Waals surface area contributed by atoms with Gasteiger partial charge in [-0.3, -0.25) is 0 Å². The smallest absolute Gasteiger partial charge is 0.192 e. The Morgan fingerprint density at radius 1 is 1.16 bits per heavy atom. The Bertz CT molecular complexity index is 651. The summed E-state index contributed by atoms with van der Waals surface area (Å²) < 4.78 is 0. The van der Waals surface area contributed by atoms with Crippen molar-refractivity contribution in [1.29, 1.82) is 5.26 Å². The van der Waals surface area contributed by atoms with Crippen molar-refractivity contribution in [3.8, 4) is 6.07 Å². The molecular formula is C14H14N4S. The molecule has 0 unspecified atom stereocenters. The first-order valence-corrected chi connectivity index (χ1v) is 6.62. The Balaban J connectivity index is 2.40. The summed E-state index contributed by atoms with van der Waals surface area (Å²) in [7, 11) is 0. The van der Waals surface area contributed by atoms with E-state index in [1.54, 1.807) is 12.1 Å². The summed E-state index contributed by atoms with van der Waals surface area (Å²) in [6.07, 6.45) is 0. The molecule has 1 aromatic carbocycles. The fraction of sp³-hybridized carbons (Fsp3) is 0.214. The predicted molar refractivity (Wildman–Crippen MR) is 75.9 cm³/mol. The van der Waals surface area contributed by atoms with Crippen LogP contribution in [0.25, 0.3) is 0 Å². The van der Waals surface area contributed by atoms with Gasteiger partial charge in [0, 0.05) is 22.0 Å². The molecule has 0 fully saturated rings. The molecule has 0 atom stereocenters. The third-order valence-corrected chi connectivity index (χ3v) is 3.88. The number of aromatic nitrogens is 2. The Morgan fingerprint density at radius 3 is 2.37 bits per heavy atom. The third kappa shape index (κ3) is 2.85.